The van der Waals surface area contributed by atoms with E-state index in [-0.39, 0.29) is 5.54 Å². The van der Waals surface area contributed by atoms with Gasteiger partial charge in [-0.15, -0.1) is 0 Å². The van der Waals surface area contributed by atoms with Gasteiger partial charge in [-0.25, -0.2) is 4.98 Å². The zero-order chi connectivity index (χ0) is 7.19. The number of hydrogen-bond donors (Lipinski definition) is 1. The summed E-state index contributed by atoms with van der Waals surface area (Å²) in [6, 6.07) is 0. The third-order valence-corrected chi connectivity index (χ3v) is 1.95. The van der Waals surface area contributed by atoms with Gasteiger partial charge in [-0.2, -0.15) is 5.10 Å². The lowest BCUT2D eigenvalue weighted by molar-refractivity contribution is 0.598. The van der Waals surface area contributed by atoms with E-state index < -0.39 is 0 Å². The van der Waals surface area contributed by atoms with E-state index in [1.165, 1.54) is 0 Å². The number of nitrogens with zero attached hydrogens (tertiary/aromatic N) is 3. The molecule has 4 heteroatoms. The van der Waals surface area contributed by atoms with Gasteiger partial charge in [0.2, 0.25) is 0 Å². The molecule has 4 nitrogen and oxygen atoms in total. The molecule has 0 amide bonds. The first kappa shape index (κ1) is 5.85. The van der Waals surface area contributed by atoms with Crippen LogP contribution in [0.5, 0.6) is 0 Å². The molecule has 1 fully saturated rings. The molecule has 1 saturated carbocycles. The largest absolute Gasteiger partial charge is 0.319 e. The minimum atomic E-state index is -0.148. The third kappa shape index (κ3) is 0.654. The lowest BCUT2D eigenvalue weighted by Crippen LogP contribution is -2.23. The van der Waals surface area contributed by atoms with E-state index in [0.717, 1.165) is 18.7 Å². The van der Waals surface area contributed by atoms with Crippen molar-refractivity contribution in [2.24, 2.45) is 12.8 Å². The molecule has 0 spiro atoms. The Morgan fingerprint density at radius 2 is 2.40 bits per heavy atom. The Bertz CT molecular complexity index is 248. The molecule has 0 bridgehead atoms. The van der Waals surface area contributed by atoms with Gasteiger partial charge in [0.25, 0.3) is 0 Å². The minimum Gasteiger partial charge on any atom is -0.319 e. The van der Waals surface area contributed by atoms with Crippen molar-refractivity contribution in [3.63, 3.8) is 0 Å². The Balaban J connectivity index is 2.42. The van der Waals surface area contributed by atoms with Gasteiger partial charge in [0, 0.05) is 7.05 Å². The van der Waals surface area contributed by atoms with Crippen LogP contribution in [-0.2, 0) is 12.6 Å². The summed E-state index contributed by atoms with van der Waals surface area (Å²) in [4.78, 5) is 4.08. The molecular weight excluding hydrogens is 128 g/mol. The average Bonchev–Trinajstić information content (AvgIpc) is 2.44. The predicted octanol–water partition coefficient (Wildman–Crippen LogP) is -0.237. The summed E-state index contributed by atoms with van der Waals surface area (Å²) in [6.45, 7) is 0. The van der Waals surface area contributed by atoms with E-state index in [1.54, 1.807) is 11.0 Å². The quantitative estimate of drug-likeness (QED) is 0.582. The fourth-order valence-electron chi connectivity index (χ4n) is 1.11. The first-order valence-electron chi connectivity index (χ1n) is 3.36. The molecule has 0 aliphatic heterocycles. The molecule has 2 rings (SSSR count). The second-order valence-corrected chi connectivity index (χ2v) is 2.86. The normalized spacial score (nSPS) is 21.0. The highest BCUT2D eigenvalue weighted by atomic mass is 15.3. The molecule has 54 valence electrons. The first-order chi connectivity index (χ1) is 4.72. The van der Waals surface area contributed by atoms with Gasteiger partial charge < -0.3 is 5.73 Å². The molecule has 0 saturated heterocycles. The van der Waals surface area contributed by atoms with Gasteiger partial charge in [-0.3, -0.25) is 4.68 Å². The van der Waals surface area contributed by atoms with Gasteiger partial charge in [-0.05, 0) is 12.8 Å². The molecule has 1 heterocycles. The van der Waals surface area contributed by atoms with Gasteiger partial charge >= 0.3 is 0 Å². The van der Waals surface area contributed by atoms with Gasteiger partial charge in [0.15, 0.2) is 0 Å². The SMILES string of the molecule is Cn1ncnc1C1(N)CC1. The van der Waals surface area contributed by atoms with Crippen LogP contribution in [0.4, 0.5) is 0 Å². The van der Waals surface area contributed by atoms with Crippen molar-refractivity contribution in [3.05, 3.63) is 12.2 Å². The first-order valence-corrected chi connectivity index (χ1v) is 3.36. The lowest BCUT2D eigenvalue weighted by Gasteiger charge is -2.05. The molecule has 0 unspecified atom stereocenters. The van der Waals surface area contributed by atoms with Crippen LogP contribution in [0.25, 0.3) is 0 Å². The molecule has 2 N–H and O–H groups in total. The zero-order valence-electron chi connectivity index (χ0n) is 5.91. The van der Waals surface area contributed by atoms with Crippen LogP contribution >= 0.6 is 0 Å². The maximum atomic E-state index is 5.89. The number of aryl methyl sites for hydroxylation is 1. The molecule has 0 aromatic carbocycles. The van der Waals surface area contributed by atoms with Crippen molar-refractivity contribution in [2.75, 3.05) is 0 Å². The summed E-state index contributed by atoms with van der Waals surface area (Å²) < 4.78 is 1.74. The van der Waals surface area contributed by atoms with Crippen molar-refractivity contribution >= 4 is 0 Å². The van der Waals surface area contributed by atoms with Gasteiger partial charge in [-0.1, -0.05) is 0 Å². The van der Waals surface area contributed by atoms with Crippen LogP contribution in [-0.4, -0.2) is 14.8 Å². The smallest absolute Gasteiger partial charge is 0.146 e. The van der Waals surface area contributed by atoms with Crippen LogP contribution < -0.4 is 5.73 Å². The van der Waals surface area contributed by atoms with E-state index in [9.17, 15) is 0 Å². The highest BCUT2D eigenvalue weighted by molar-refractivity contribution is 5.13. The summed E-state index contributed by atoms with van der Waals surface area (Å²) in [5, 5.41) is 3.95. The van der Waals surface area contributed by atoms with E-state index in [2.05, 4.69) is 10.1 Å². The molecule has 1 aromatic rings. The second-order valence-electron chi connectivity index (χ2n) is 2.86. The van der Waals surface area contributed by atoms with Crippen molar-refractivity contribution in [2.45, 2.75) is 18.4 Å². The molecule has 10 heavy (non-hydrogen) atoms. The van der Waals surface area contributed by atoms with Crippen molar-refractivity contribution < 1.29 is 0 Å². The molecular formula is C6H10N4. The number of aromatic nitrogens is 3. The van der Waals surface area contributed by atoms with Gasteiger partial charge in [0.1, 0.15) is 12.2 Å². The summed E-state index contributed by atoms with van der Waals surface area (Å²) in [5.41, 5.74) is 5.74. The Hall–Kier alpha value is -0.900. The van der Waals surface area contributed by atoms with E-state index in [4.69, 9.17) is 5.73 Å². The lowest BCUT2D eigenvalue weighted by atomic mass is 10.3. The maximum absolute atomic E-state index is 5.89. The van der Waals surface area contributed by atoms with Crippen molar-refractivity contribution in [1.82, 2.24) is 14.8 Å². The van der Waals surface area contributed by atoms with Crippen molar-refractivity contribution in [1.29, 1.82) is 0 Å². The average molecular weight is 138 g/mol. The molecule has 1 aliphatic rings. The second kappa shape index (κ2) is 1.58. The van der Waals surface area contributed by atoms with E-state index in [1.807, 2.05) is 7.05 Å². The standard InChI is InChI=1S/C6H10N4/c1-10-5(8-4-9-10)6(7)2-3-6/h4H,2-3,7H2,1H3. The van der Waals surface area contributed by atoms with Crippen LogP contribution in [0.15, 0.2) is 6.33 Å². The van der Waals surface area contributed by atoms with Crippen molar-refractivity contribution in [3.8, 4) is 0 Å². The van der Waals surface area contributed by atoms with Crippen LogP contribution in [0.3, 0.4) is 0 Å². The fourth-order valence-corrected chi connectivity index (χ4v) is 1.11. The number of nitrogens with two attached hydrogens (primary N) is 1. The minimum absolute atomic E-state index is 0.148. The Morgan fingerprint density at radius 3 is 2.80 bits per heavy atom. The summed E-state index contributed by atoms with van der Waals surface area (Å²) >= 11 is 0. The van der Waals surface area contributed by atoms with E-state index in [0.29, 0.717) is 0 Å². The van der Waals surface area contributed by atoms with Crippen LogP contribution in [0.1, 0.15) is 18.7 Å². The van der Waals surface area contributed by atoms with Crippen LogP contribution in [0, 0.1) is 0 Å². The monoisotopic (exact) mass is 138 g/mol. The number of hydrogen-bond acceptors (Lipinski definition) is 3. The highest BCUT2D eigenvalue weighted by Crippen LogP contribution is 2.40. The maximum Gasteiger partial charge on any atom is 0.146 e. The summed E-state index contributed by atoms with van der Waals surface area (Å²) in [5.74, 6) is 0.910. The van der Waals surface area contributed by atoms with Gasteiger partial charge in [0.05, 0.1) is 5.54 Å². The Labute approximate surface area is 59.1 Å². The van der Waals surface area contributed by atoms with E-state index >= 15 is 0 Å². The Kier molecular flexibility index (Phi) is 0.922. The topological polar surface area (TPSA) is 56.7 Å². The highest BCUT2D eigenvalue weighted by Gasteiger charge is 2.43. The van der Waals surface area contributed by atoms with Crippen LogP contribution in [0.2, 0.25) is 0 Å². The summed E-state index contributed by atoms with van der Waals surface area (Å²) in [6.07, 6.45) is 3.63. The summed E-state index contributed by atoms with van der Waals surface area (Å²) in [7, 11) is 1.87. The predicted molar refractivity (Wildman–Crippen MR) is 36.1 cm³/mol. The molecule has 1 aliphatic carbocycles. The molecule has 0 atom stereocenters. The zero-order valence-corrected chi connectivity index (χ0v) is 5.91. The molecule has 0 radical (unpaired) electrons. The fraction of sp³-hybridized carbons (Fsp3) is 0.667. The molecule has 1 aromatic heterocycles. The Morgan fingerprint density at radius 1 is 1.70 bits per heavy atom. The number of rotatable bonds is 1. The third-order valence-electron chi connectivity index (χ3n) is 1.95.